The molecule has 0 bridgehead atoms. The monoisotopic (exact) mass is 227 g/mol. The number of rotatable bonds is 7. The fourth-order valence-electron chi connectivity index (χ4n) is 2.52. The standard InChI is InChI=1S/C13H25NS/c1-11(13-4-2-3-5-13)14-8-9-15-10-12-6-7-12/h11-14H,2-10H2,1H3. The van der Waals surface area contributed by atoms with Crippen LogP contribution in [0.4, 0.5) is 0 Å². The summed E-state index contributed by atoms with van der Waals surface area (Å²) in [7, 11) is 0. The maximum absolute atomic E-state index is 3.70. The number of thioether (sulfide) groups is 1. The first-order valence-corrected chi connectivity index (χ1v) is 7.83. The second-order valence-corrected chi connectivity index (χ2v) is 6.46. The lowest BCUT2D eigenvalue weighted by Crippen LogP contribution is -2.33. The molecule has 88 valence electrons. The Balaban J connectivity index is 1.45. The van der Waals surface area contributed by atoms with E-state index >= 15 is 0 Å². The molecule has 0 aliphatic heterocycles. The van der Waals surface area contributed by atoms with Crippen LogP contribution in [0.2, 0.25) is 0 Å². The van der Waals surface area contributed by atoms with Gasteiger partial charge in [0.2, 0.25) is 0 Å². The van der Waals surface area contributed by atoms with Crippen molar-refractivity contribution in [1.82, 2.24) is 5.32 Å². The minimum Gasteiger partial charge on any atom is -0.313 e. The summed E-state index contributed by atoms with van der Waals surface area (Å²) >= 11 is 2.15. The molecule has 1 N–H and O–H groups in total. The van der Waals surface area contributed by atoms with E-state index in [-0.39, 0.29) is 0 Å². The third-order valence-electron chi connectivity index (χ3n) is 3.87. The minimum absolute atomic E-state index is 0.758. The molecule has 0 aromatic rings. The summed E-state index contributed by atoms with van der Waals surface area (Å²) in [6.45, 7) is 3.59. The molecule has 2 heteroatoms. The Morgan fingerprint density at radius 2 is 1.93 bits per heavy atom. The normalized spacial score (nSPS) is 24.6. The first-order chi connectivity index (χ1) is 7.36. The zero-order valence-electron chi connectivity index (χ0n) is 10.0. The van der Waals surface area contributed by atoms with Crippen molar-refractivity contribution in [1.29, 1.82) is 0 Å². The molecule has 0 heterocycles. The first kappa shape index (κ1) is 11.8. The third-order valence-corrected chi connectivity index (χ3v) is 5.07. The van der Waals surface area contributed by atoms with Crippen LogP contribution in [-0.4, -0.2) is 24.1 Å². The fraction of sp³-hybridized carbons (Fsp3) is 1.00. The fourth-order valence-corrected chi connectivity index (χ4v) is 3.61. The van der Waals surface area contributed by atoms with Gasteiger partial charge in [0, 0.05) is 18.3 Å². The quantitative estimate of drug-likeness (QED) is 0.670. The molecule has 1 nitrogen and oxygen atoms in total. The Morgan fingerprint density at radius 1 is 1.20 bits per heavy atom. The van der Waals surface area contributed by atoms with Gasteiger partial charge in [-0.25, -0.2) is 0 Å². The summed E-state index contributed by atoms with van der Waals surface area (Å²) in [5, 5.41) is 3.70. The molecule has 0 spiro atoms. The summed E-state index contributed by atoms with van der Waals surface area (Å²) in [6.07, 6.45) is 8.85. The molecule has 15 heavy (non-hydrogen) atoms. The van der Waals surface area contributed by atoms with Crippen molar-refractivity contribution in [2.24, 2.45) is 11.8 Å². The van der Waals surface area contributed by atoms with Crippen LogP contribution in [0.25, 0.3) is 0 Å². The van der Waals surface area contributed by atoms with E-state index in [9.17, 15) is 0 Å². The van der Waals surface area contributed by atoms with Crippen molar-refractivity contribution in [3.05, 3.63) is 0 Å². The average Bonchev–Trinajstić information content (AvgIpc) is 2.90. The van der Waals surface area contributed by atoms with Crippen LogP contribution in [0, 0.1) is 11.8 Å². The lowest BCUT2D eigenvalue weighted by Gasteiger charge is -2.20. The molecule has 2 aliphatic carbocycles. The molecule has 0 saturated heterocycles. The van der Waals surface area contributed by atoms with E-state index in [0.29, 0.717) is 0 Å². The molecule has 1 atom stereocenters. The third kappa shape index (κ3) is 4.36. The molecule has 2 rings (SSSR count). The second kappa shape index (κ2) is 6.15. The van der Waals surface area contributed by atoms with E-state index in [0.717, 1.165) is 17.9 Å². The predicted octanol–water partition coefficient (Wildman–Crippen LogP) is 3.30. The van der Waals surface area contributed by atoms with Gasteiger partial charge in [0.05, 0.1) is 0 Å². The van der Waals surface area contributed by atoms with Crippen molar-refractivity contribution in [2.45, 2.75) is 51.5 Å². The van der Waals surface area contributed by atoms with Crippen LogP contribution in [0.5, 0.6) is 0 Å². The SMILES string of the molecule is CC(NCCSCC1CC1)C1CCCC1. The van der Waals surface area contributed by atoms with Gasteiger partial charge in [-0.05, 0) is 50.2 Å². The van der Waals surface area contributed by atoms with E-state index in [4.69, 9.17) is 0 Å². The highest BCUT2D eigenvalue weighted by Crippen LogP contribution is 2.32. The topological polar surface area (TPSA) is 12.0 Å². The van der Waals surface area contributed by atoms with Gasteiger partial charge >= 0.3 is 0 Å². The van der Waals surface area contributed by atoms with Gasteiger partial charge in [-0.3, -0.25) is 0 Å². The van der Waals surface area contributed by atoms with E-state index in [2.05, 4.69) is 24.0 Å². The Labute approximate surface area is 98.8 Å². The zero-order chi connectivity index (χ0) is 10.5. The molecular formula is C13H25NS. The van der Waals surface area contributed by atoms with Gasteiger partial charge in [0.1, 0.15) is 0 Å². The van der Waals surface area contributed by atoms with Crippen LogP contribution in [0.1, 0.15) is 45.4 Å². The van der Waals surface area contributed by atoms with Gasteiger partial charge in [0.15, 0.2) is 0 Å². The van der Waals surface area contributed by atoms with Crippen LogP contribution in [-0.2, 0) is 0 Å². The van der Waals surface area contributed by atoms with Gasteiger partial charge < -0.3 is 5.32 Å². The number of hydrogen-bond acceptors (Lipinski definition) is 2. The van der Waals surface area contributed by atoms with Crippen LogP contribution < -0.4 is 5.32 Å². The molecule has 0 aromatic carbocycles. The highest BCUT2D eigenvalue weighted by atomic mass is 32.2. The van der Waals surface area contributed by atoms with Crippen LogP contribution in [0.15, 0.2) is 0 Å². The summed E-state index contributed by atoms with van der Waals surface area (Å²) in [6, 6.07) is 0.758. The summed E-state index contributed by atoms with van der Waals surface area (Å²) < 4.78 is 0. The van der Waals surface area contributed by atoms with Gasteiger partial charge in [0.25, 0.3) is 0 Å². The molecule has 2 fully saturated rings. The van der Waals surface area contributed by atoms with E-state index in [1.165, 1.54) is 56.6 Å². The Morgan fingerprint density at radius 3 is 2.60 bits per heavy atom. The van der Waals surface area contributed by atoms with Gasteiger partial charge in [-0.2, -0.15) is 11.8 Å². The maximum Gasteiger partial charge on any atom is 0.00673 e. The molecule has 0 radical (unpaired) electrons. The van der Waals surface area contributed by atoms with Crippen LogP contribution >= 0.6 is 11.8 Å². The number of nitrogens with one attached hydrogen (secondary N) is 1. The smallest absolute Gasteiger partial charge is 0.00673 e. The van der Waals surface area contributed by atoms with Crippen molar-refractivity contribution in [2.75, 3.05) is 18.1 Å². The molecular weight excluding hydrogens is 202 g/mol. The van der Waals surface area contributed by atoms with Crippen molar-refractivity contribution in [3.63, 3.8) is 0 Å². The Bertz CT molecular complexity index is 173. The van der Waals surface area contributed by atoms with E-state index in [1.807, 2.05) is 0 Å². The van der Waals surface area contributed by atoms with Crippen molar-refractivity contribution < 1.29 is 0 Å². The van der Waals surface area contributed by atoms with Crippen molar-refractivity contribution >= 4 is 11.8 Å². The van der Waals surface area contributed by atoms with Gasteiger partial charge in [-0.1, -0.05) is 12.8 Å². The lowest BCUT2D eigenvalue weighted by atomic mass is 10.00. The Hall–Kier alpha value is 0.310. The molecule has 0 amide bonds. The summed E-state index contributed by atoms with van der Waals surface area (Å²) in [5.41, 5.74) is 0. The predicted molar refractivity (Wildman–Crippen MR) is 69.5 cm³/mol. The van der Waals surface area contributed by atoms with E-state index < -0.39 is 0 Å². The first-order valence-electron chi connectivity index (χ1n) is 6.67. The highest BCUT2D eigenvalue weighted by molar-refractivity contribution is 7.99. The van der Waals surface area contributed by atoms with E-state index in [1.54, 1.807) is 0 Å². The lowest BCUT2D eigenvalue weighted by molar-refractivity contribution is 0.390. The largest absolute Gasteiger partial charge is 0.313 e. The average molecular weight is 227 g/mol. The Kier molecular flexibility index (Phi) is 4.83. The van der Waals surface area contributed by atoms with Crippen molar-refractivity contribution in [3.8, 4) is 0 Å². The summed E-state index contributed by atoms with van der Waals surface area (Å²) in [5.74, 6) is 4.79. The number of hydrogen-bond donors (Lipinski definition) is 1. The van der Waals surface area contributed by atoms with Crippen LogP contribution in [0.3, 0.4) is 0 Å². The maximum atomic E-state index is 3.70. The zero-order valence-corrected chi connectivity index (χ0v) is 10.8. The van der Waals surface area contributed by atoms with Gasteiger partial charge in [-0.15, -0.1) is 0 Å². The highest BCUT2D eigenvalue weighted by Gasteiger charge is 2.22. The molecule has 2 saturated carbocycles. The minimum atomic E-state index is 0.758. The summed E-state index contributed by atoms with van der Waals surface area (Å²) in [4.78, 5) is 0. The molecule has 2 aliphatic rings. The molecule has 0 aromatic heterocycles. The second-order valence-electron chi connectivity index (χ2n) is 5.31. The molecule has 1 unspecified atom stereocenters.